The average molecular weight is 319 g/mol. The van der Waals surface area contributed by atoms with Crippen LogP contribution in [0.15, 0.2) is 34.7 Å². The number of aromatic nitrogens is 3. The second-order valence-electron chi connectivity index (χ2n) is 5.30. The van der Waals surface area contributed by atoms with Crippen molar-refractivity contribution in [3.05, 3.63) is 29.7 Å². The summed E-state index contributed by atoms with van der Waals surface area (Å²) in [6.07, 6.45) is 8.96. The number of fused-ring (bicyclic) bond motifs is 1. The van der Waals surface area contributed by atoms with Gasteiger partial charge in [-0.2, -0.15) is 0 Å². The molecule has 1 aliphatic heterocycles. The summed E-state index contributed by atoms with van der Waals surface area (Å²) in [7, 11) is 2.13. The summed E-state index contributed by atoms with van der Waals surface area (Å²) in [5.74, 6) is 1.50. The topological polar surface area (TPSA) is 49.0 Å². The zero-order valence-corrected chi connectivity index (χ0v) is 13.5. The second kappa shape index (κ2) is 6.46. The Bertz CT molecular complexity index is 712. The van der Waals surface area contributed by atoms with E-state index < -0.39 is 0 Å². The molecular weight excluding hydrogens is 300 g/mol. The van der Waals surface area contributed by atoms with E-state index in [9.17, 15) is 0 Å². The smallest absolute Gasteiger partial charge is 0.180 e. The van der Waals surface area contributed by atoms with Crippen molar-refractivity contribution in [1.82, 2.24) is 19.3 Å². The Labute approximate surface area is 134 Å². The fourth-order valence-electron chi connectivity index (χ4n) is 2.40. The van der Waals surface area contributed by atoms with E-state index in [4.69, 9.17) is 11.6 Å². The van der Waals surface area contributed by atoms with Crippen molar-refractivity contribution < 1.29 is 0 Å². The molecule has 0 N–H and O–H groups in total. The Kier molecular flexibility index (Phi) is 4.40. The van der Waals surface area contributed by atoms with Crippen LogP contribution in [0.3, 0.4) is 0 Å². The lowest BCUT2D eigenvalue weighted by molar-refractivity contribution is 0.312. The fraction of sp³-hybridized carbons (Fsp3) is 0.400. The number of hydrogen-bond donors (Lipinski definition) is 0. The van der Waals surface area contributed by atoms with Gasteiger partial charge in [-0.1, -0.05) is 17.7 Å². The molecule has 1 aliphatic rings. The number of nitrogens with zero attached hydrogens (tertiary/aromatic N) is 6. The summed E-state index contributed by atoms with van der Waals surface area (Å²) in [6, 6.07) is 0. The Morgan fingerprint density at radius 2 is 2.09 bits per heavy atom. The molecule has 1 fully saturated rings. The summed E-state index contributed by atoms with van der Waals surface area (Å²) in [6.45, 7) is 5.79. The highest BCUT2D eigenvalue weighted by molar-refractivity contribution is 6.39. The Morgan fingerprint density at radius 1 is 1.32 bits per heavy atom. The minimum Gasteiger partial charge on any atom is -0.351 e. The zero-order valence-electron chi connectivity index (χ0n) is 12.8. The first kappa shape index (κ1) is 15.0. The molecule has 3 rings (SSSR count). The molecule has 6 nitrogen and oxygen atoms in total. The van der Waals surface area contributed by atoms with Crippen LogP contribution in [0.1, 0.15) is 6.92 Å². The van der Waals surface area contributed by atoms with Crippen LogP contribution in [0.4, 0.5) is 11.6 Å². The first-order chi connectivity index (χ1) is 10.7. The maximum Gasteiger partial charge on any atom is 0.180 e. The van der Waals surface area contributed by atoms with Gasteiger partial charge in [-0.15, -0.1) is 0 Å². The van der Waals surface area contributed by atoms with Crippen molar-refractivity contribution >= 4 is 35.1 Å². The van der Waals surface area contributed by atoms with Crippen molar-refractivity contribution in [3.8, 4) is 0 Å². The van der Waals surface area contributed by atoms with Gasteiger partial charge < -0.3 is 14.2 Å². The molecule has 0 radical (unpaired) electrons. The van der Waals surface area contributed by atoms with E-state index in [1.807, 2.05) is 23.7 Å². The van der Waals surface area contributed by atoms with Gasteiger partial charge in [0.25, 0.3) is 0 Å². The normalized spacial score (nSPS) is 17.8. The first-order valence-corrected chi connectivity index (χ1v) is 7.68. The van der Waals surface area contributed by atoms with Crippen LogP contribution >= 0.6 is 11.6 Å². The molecular formula is C15H19ClN6. The van der Waals surface area contributed by atoms with E-state index in [1.165, 1.54) is 0 Å². The van der Waals surface area contributed by atoms with Gasteiger partial charge in [0.15, 0.2) is 17.3 Å². The summed E-state index contributed by atoms with van der Waals surface area (Å²) in [5.41, 5.74) is 0.862. The number of allylic oxidation sites excluding steroid dienone is 2. The van der Waals surface area contributed by atoms with E-state index >= 15 is 0 Å². The highest BCUT2D eigenvalue weighted by Crippen LogP contribution is 2.23. The van der Waals surface area contributed by atoms with E-state index in [0.717, 1.165) is 37.6 Å². The van der Waals surface area contributed by atoms with Gasteiger partial charge in [0.05, 0.1) is 11.2 Å². The number of likely N-dealkylation sites (N-methyl/N-ethyl adjacent to an activating group) is 1. The maximum absolute atomic E-state index is 5.97. The molecule has 0 atom stereocenters. The molecule has 0 bridgehead atoms. The molecule has 22 heavy (non-hydrogen) atoms. The minimum absolute atomic E-state index is 0.591. The number of piperazine rings is 1. The van der Waals surface area contributed by atoms with Crippen molar-refractivity contribution in [1.29, 1.82) is 0 Å². The van der Waals surface area contributed by atoms with Gasteiger partial charge in [-0.05, 0) is 14.0 Å². The molecule has 3 heterocycles. The van der Waals surface area contributed by atoms with E-state index in [1.54, 1.807) is 18.5 Å². The molecule has 1 saturated heterocycles. The van der Waals surface area contributed by atoms with Crippen LogP contribution in [0.25, 0.3) is 5.65 Å². The minimum atomic E-state index is 0.591. The predicted molar refractivity (Wildman–Crippen MR) is 90.5 cm³/mol. The highest BCUT2D eigenvalue weighted by atomic mass is 35.5. The predicted octanol–water partition coefficient (Wildman–Crippen LogP) is 2.33. The van der Waals surface area contributed by atoms with Crippen molar-refractivity contribution in [2.75, 3.05) is 38.1 Å². The Hall–Kier alpha value is -1.92. The zero-order chi connectivity index (χ0) is 15.5. The third-order valence-electron chi connectivity index (χ3n) is 3.74. The molecule has 0 unspecified atom stereocenters. The first-order valence-electron chi connectivity index (χ1n) is 7.30. The monoisotopic (exact) mass is 318 g/mol. The van der Waals surface area contributed by atoms with Gasteiger partial charge in [-0.3, -0.25) is 0 Å². The van der Waals surface area contributed by atoms with Crippen molar-refractivity contribution in [2.45, 2.75) is 6.92 Å². The number of hydrogen-bond acceptors (Lipinski definition) is 5. The molecule has 0 aliphatic carbocycles. The largest absolute Gasteiger partial charge is 0.351 e. The Balaban J connectivity index is 1.97. The lowest BCUT2D eigenvalue weighted by atomic mass is 10.3. The molecule has 0 amide bonds. The van der Waals surface area contributed by atoms with Crippen LogP contribution in [-0.4, -0.2) is 58.7 Å². The lowest BCUT2D eigenvalue weighted by Gasteiger charge is -2.33. The summed E-state index contributed by atoms with van der Waals surface area (Å²) < 4.78 is 1.96. The van der Waals surface area contributed by atoms with E-state index in [-0.39, 0.29) is 0 Å². The standard InChI is InChI=1S/C15H19ClN6/c1-3-12(16)10-18-13-11-22-5-4-17-14(22)15(19-13)21-8-6-20(2)7-9-21/h3-5,10-11H,6-9H2,1-2H3/b12-3+,18-10-. The molecule has 0 saturated carbocycles. The number of aliphatic imine (C=N–C) groups is 1. The van der Waals surface area contributed by atoms with Gasteiger partial charge in [0, 0.05) is 44.8 Å². The third kappa shape index (κ3) is 3.13. The summed E-state index contributed by atoms with van der Waals surface area (Å²) >= 11 is 5.97. The van der Waals surface area contributed by atoms with Crippen molar-refractivity contribution in [3.63, 3.8) is 0 Å². The van der Waals surface area contributed by atoms with Crippen LogP contribution in [-0.2, 0) is 0 Å². The molecule has 7 heteroatoms. The molecule has 2 aromatic heterocycles. The van der Waals surface area contributed by atoms with E-state index in [2.05, 4.69) is 31.8 Å². The maximum atomic E-state index is 5.97. The van der Waals surface area contributed by atoms with Crippen LogP contribution in [0.2, 0.25) is 0 Å². The van der Waals surface area contributed by atoms with Gasteiger partial charge in [0.1, 0.15) is 0 Å². The molecule has 116 valence electrons. The van der Waals surface area contributed by atoms with Gasteiger partial charge >= 0.3 is 0 Å². The highest BCUT2D eigenvalue weighted by Gasteiger charge is 2.19. The molecule has 0 aromatic carbocycles. The van der Waals surface area contributed by atoms with Gasteiger partial charge in [0.2, 0.25) is 0 Å². The average Bonchev–Trinajstić information content (AvgIpc) is 3.01. The lowest BCUT2D eigenvalue weighted by Crippen LogP contribution is -2.45. The van der Waals surface area contributed by atoms with Gasteiger partial charge in [-0.25, -0.2) is 15.0 Å². The molecule has 2 aromatic rings. The second-order valence-corrected chi connectivity index (χ2v) is 5.74. The number of imidazole rings is 1. The SMILES string of the molecule is C/C=C(Cl)\C=N/c1cn2ccnc2c(N2CCN(C)CC2)n1. The fourth-order valence-corrected chi connectivity index (χ4v) is 2.45. The number of rotatable bonds is 3. The van der Waals surface area contributed by atoms with Crippen LogP contribution in [0.5, 0.6) is 0 Å². The summed E-state index contributed by atoms with van der Waals surface area (Å²) in [4.78, 5) is 18.0. The van der Waals surface area contributed by atoms with Crippen LogP contribution < -0.4 is 4.90 Å². The number of halogens is 1. The van der Waals surface area contributed by atoms with Crippen molar-refractivity contribution in [2.24, 2.45) is 4.99 Å². The van der Waals surface area contributed by atoms with E-state index in [0.29, 0.717) is 10.9 Å². The number of anilines is 1. The quantitative estimate of drug-likeness (QED) is 0.815. The Morgan fingerprint density at radius 3 is 2.82 bits per heavy atom. The summed E-state index contributed by atoms with van der Waals surface area (Å²) in [5, 5.41) is 0.591. The van der Waals surface area contributed by atoms with Crippen LogP contribution in [0, 0.1) is 0 Å². The third-order valence-corrected chi connectivity index (χ3v) is 4.06. The molecule has 0 spiro atoms.